The van der Waals surface area contributed by atoms with Crippen LogP contribution in [-0.2, 0) is 0 Å². The van der Waals surface area contributed by atoms with E-state index < -0.39 is 0 Å². The van der Waals surface area contributed by atoms with Gasteiger partial charge in [0, 0.05) is 12.8 Å². The first-order chi connectivity index (χ1) is 4.70. The van der Waals surface area contributed by atoms with Crippen LogP contribution in [-0.4, -0.2) is 10.2 Å². The number of aliphatic hydroxyl groups is 2. The second-order valence-electron chi connectivity index (χ2n) is 3.09. The molecule has 1 rings (SSSR count). The summed E-state index contributed by atoms with van der Waals surface area (Å²) in [5.41, 5.74) is 0. The summed E-state index contributed by atoms with van der Waals surface area (Å²) in [6.45, 7) is 2.09. The summed E-state index contributed by atoms with van der Waals surface area (Å²) >= 11 is 0. The molecule has 2 heteroatoms. The first-order valence-electron chi connectivity index (χ1n) is 3.80. The highest BCUT2D eigenvalue weighted by atomic mass is 16.3. The average Bonchev–Trinajstić information content (AvgIpc) is 1.96. The molecule has 0 bridgehead atoms. The lowest BCUT2D eigenvalue weighted by Gasteiger charge is -2.04. The summed E-state index contributed by atoms with van der Waals surface area (Å²) < 4.78 is 0. The van der Waals surface area contributed by atoms with Gasteiger partial charge in [-0.3, -0.25) is 0 Å². The molecule has 10 heavy (non-hydrogen) atoms. The zero-order valence-electron chi connectivity index (χ0n) is 6.30. The van der Waals surface area contributed by atoms with E-state index in [9.17, 15) is 0 Å². The Morgan fingerprint density at radius 2 is 2.00 bits per heavy atom. The predicted octanol–water partition coefficient (Wildman–Crippen LogP) is 2.52. The standard InChI is InChI=1S/C8H14O2/c1-6-3-2-4-7(9)8(10)5-6/h6,9-10H,2-5H2,1H3. The molecule has 1 aliphatic carbocycles. The zero-order chi connectivity index (χ0) is 7.56. The Labute approximate surface area is 61.2 Å². The summed E-state index contributed by atoms with van der Waals surface area (Å²) in [6, 6.07) is 0. The van der Waals surface area contributed by atoms with Crippen LogP contribution in [0, 0.1) is 5.92 Å². The Morgan fingerprint density at radius 3 is 2.70 bits per heavy atom. The maximum Gasteiger partial charge on any atom is 0.130 e. The van der Waals surface area contributed by atoms with Crippen LogP contribution in [0.15, 0.2) is 11.5 Å². The van der Waals surface area contributed by atoms with Gasteiger partial charge in [0.05, 0.1) is 0 Å². The topological polar surface area (TPSA) is 40.5 Å². The van der Waals surface area contributed by atoms with Crippen molar-refractivity contribution < 1.29 is 10.2 Å². The average molecular weight is 142 g/mol. The quantitative estimate of drug-likeness (QED) is 0.545. The monoisotopic (exact) mass is 142 g/mol. The molecule has 0 spiro atoms. The molecular formula is C8H14O2. The minimum atomic E-state index is 0.198. The molecule has 0 fully saturated rings. The van der Waals surface area contributed by atoms with E-state index in [0.29, 0.717) is 18.8 Å². The molecule has 1 unspecified atom stereocenters. The fraction of sp³-hybridized carbons (Fsp3) is 0.750. The zero-order valence-corrected chi connectivity index (χ0v) is 6.30. The van der Waals surface area contributed by atoms with Gasteiger partial charge in [0.2, 0.25) is 0 Å². The first kappa shape index (κ1) is 7.45. The van der Waals surface area contributed by atoms with Gasteiger partial charge in [0.25, 0.3) is 0 Å². The van der Waals surface area contributed by atoms with E-state index in [4.69, 9.17) is 10.2 Å². The number of aliphatic hydroxyl groups excluding tert-OH is 2. The second kappa shape index (κ2) is 2.95. The molecule has 2 nitrogen and oxygen atoms in total. The molecule has 0 saturated carbocycles. The van der Waals surface area contributed by atoms with Crippen LogP contribution >= 0.6 is 0 Å². The van der Waals surface area contributed by atoms with Gasteiger partial charge in [0.1, 0.15) is 11.5 Å². The lowest BCUT2D eigenvalue weighted by molar-refractivity contribution is 0.298. The third-order valence-corrected chi connectivity index (χ3v) is 1.99. The fourth-order valence-corrected chi connectivity index (χ4v) is 1.31. The maximum atomic E-state index is 9.16. The molecule has 1 atom stereocenters. The van der Waals surface area contributed by atoms with Crippen molar-refractivity contribution in [3.05, 3.63) is 11.5 Å². The third-order valence-electron chi connectivity index (χ3n) is 1.99. The minimum Gasteiger partial charge on any atom is -0.509 e. The van der Waals surface area contributed by atoms with Crippen LogP contribution in [0.25, 0.3) is 0 Å². The fourth-order valence-electron chi connectivity index (χ4n) is 1.31. The van der Waals surface area contributed by atoms with Crippen molar-refractivity contribution in [3.63, 3.8) is 0 Å². The van der Waals surface area contributed by atoms with Crippen molar-refractivity contribution in [3.8, 4) is 0 Å². The van der Waals surface area contributed by atoms with Crippen LogP contribution < -0.4 is 0 Å². The molecule has 0 heterocycles. The van der Waals surface area contributed by atoms with Crippen molar-refractivity contribution in [2.75, 3.05) is 0 Å². The van der Waals surface area contributed by atoms with Gasteiger partial charge in [-0.25, -0.2) is 0 Å². The summed E-state index contributed by atoms with van der Waals surface area (Å²) in [4.78, 5) is 0. The lowest BCUT2D eigenvalue weighted by Crippen LogP contribution is -1.94. The largest absolute Gasteiger partial charge is 0.509 e. The van der Waals surface area contributed by atoms with E-state index in [1.807, 2.05) is 0 Å². The van der Waals surface area contributed by atoms with Gasteiger partial charge in [-0.1, -0.05) is 6.92 Å². The van der Waals surface area contributed by atoms with E-state index in [1.54, 1.807) is 0 Å². The number of hydrogen-bond acceptors (Lipinski definition) is 2. The first-order valence-corrected chi connectivity index (χ1v) is 3.80. The van der Waals surface area contributed by atoms with E-state index in [0.717, 1.165) is 12.8 Å². The normalized spacial score (nSPS) is 28.3. The van der Waals surface area contributed by atoms with Crippen LogP contribution in [0.3, 0.4) is 0 Å². The van der Waals surface area contributed by atoms with E-state index in [1.165, 1.54) is 0 Å². The maximum absolute atomic E-state index is 9.16. The van der Waals surface area contributed by atoms with Gasteiger partial charge < -0.3 is 10.2 Å². The van der Waals surface area contributed by atoms with Crippen LogP contribution in [0.4, 0.5) is 0 Å². The Balaban J connectivity index is 2.61. The van der Waals surface area contributed by atoms with Crippen molar-refractivity contribution in [1.82, 2.24) is 0 Å². The molecule has 0 aromatic rings. The molecule has 0 saturated heterocycles. The third kappa shape index (κ3) is 1.66. The Bertz CT molecular complexity index is 149. The lowest BCUT2D eigenvalue weighted by atomic mass is 10.0. The van der Waals surface area contributed by atoms with Gasteiger partial charge in [0.15, 0.2) is 0 Å². The molecule has 1 aliphatic rings. The molecule has 0 aromatic heterocycles. The summed E-state index contributed by atoms with van der Waals surface area (Å²) in [5.74, 6) is 0.916. The number of allylic oxidation sites excluding steroid dienone is 2. The van der Waals surface area contributed by atoms with Gasteiger partial charge in [-0.15, -0.1) is 0 Å². The van der Waals surface area contributed by atoms with Crippen molar-refractivity contribution in [2.45, 2.75) is 32.6 Å². The Kier molecular flexibility index (Phi) is 2.20. The molecule has 0 amide bonds. The molecule has 0 aromatic carbocycles. The minimum absolute atomic E-state index is 0.198. The van der Waals surface area contributed by atoms with Crippen molar-refractivity contribution in [1.29, 1.82) is 0 Å². The molecule has 2 N–H and O–H groups in total. The van der Waals surface area contributed by atoms with Crippen molar-refractivity contribution in [2.24, 2.45) is 5.92 Å². The van der Waals surface area contributed by atoms with E-state index >= 15 is 0 Å². The Morgan fingerprint density at radius 1 is 1.30 bits per heavy atom. The van der Waals surface area contributed by atoms with E-state index in [2.05, 4.69) is 6.92 Å². The van der Waals surface area contributed by atoms with Gasteiger partial charge in [-0.2, -0.15) is 0 Å². The highest BCUT2D eigenvalue weighted by molar-refractivity contribution is 5.01. The van der Waals surface area contributed by atoms with Crippen LogP contribution in [0.5, 0.6) is 0 Å². The van der Waals surface area contributed by atoms with Gasteiger partial charge in [-0.05, 0) is 18.8 Å². The summed E-state index contributed by atoms with van der Waals surface area (Å²) in [5, 5.41) is 18.3. The van der Waals surface area contributed by atoms with Gasteiger partial charge >= 0.3 is 0 Å². The summed E-state index contributed by atoms with van der Waals surface area (Å²) in [6.07, 6.45) is 3.40. The second-order valence-corrected chi connectivity index (χ2v) is 3.09. The molecule has 58 valence electrons. The Hall–Kier alpha value is -0.660. The summed E-state index contributed by atoms with van der Waals surface area (Å²) in [7, 11) is 0. The highest BCUT2D eigenvalue weighted by Gasteiger charge is 2.13. The molecule has 0 aliphatic heterocycles. The predicted molar refractivity (Wildman–Crippen MR) is 39.9 cm³/mol. The highest BCUT2D eigenvalue weighted by Crippen LogP contribution is 2.24. The number of rotatable bonds is 0. The van der Waals surface area contributed by atoms with Crippen molar-refractivity contribution >= 4 is 0 Å². The van der Waals surface area contributed by atoms with Crippen LogP contribution in [0.1, 0.15) is 32.6 Å². The van der Waals surface area contributed by atoms with E-state index in [-0.39, 0.29) is 11.5 Å². The number of hydrogen-bond donors (Lipinski definition) is 2. The smallest absolute Gasteiger partial charge is 0.130 e. The SMILES string of the molecule is CC1CCCC(O)=C(O)C1. The van der Waals surface area contributed by atoms with Crippen LogP contribution in [0.2, 0.25) is 0 Å². The molecule has 0 radical (unpaired) electrons. The molecular weight excluding hydrogens is 128 g/mol.